The van der Waals surface area contributed by atoms with Crippen molar-refractivity contribution in [1.82, 2.24) is 19.8 Å². The van der Waals surface area contributed by atoms with Gasteiger partial charge in [-0.15, -0.1) is 0 Å². The predicted octanol–water partition coefficient (Wildman–Crippen LogP) is 2.35. The number of benzene rings is 1. The summed E-state index contributed by atoms with van der Waals surface area (Å²) in [5.74, 6) is -0.679. The Morgan fingerprint density at radius 3 is 2.61 bits per heavy atom. The van der Waals surface area contributed by atoms with Gasteiger partial charge in [-0.1, -0.05) is 12.1 Å². The lowest BCUT2D eigenvalue weighted by atomic mass is 9.96. The second-order valence-corrected chi connectivity index (χ2v) is 7.87. The minimum absolute atomic E-state index is 0.243. The first-order chi connectivity index (χ1) is 14.6. The molecule has 0 saturated carbocycles. The molecule has 2 aromatic rings. The molecule has 1 aromatic heterocycles. The minimum Gasteiger partial charge on any atom is -0.497 e. The van der Waals surface area contributed by atoms with Gasteiger partial charge in [0.25, 0.3) is 0 Å². The number of hydrogen-bond donors (Lipinski definition) is 2. The number of alkyl halides is 3. The molecule has 10 heteroatoms. The van der Waals surface area contributed by atoms with Crippen LogP contribution >= 0.6 is 0 Å². The lowest BCUT2D eigenvalue weighted by molar-refractivity contribution is -0.271. The Kier molecular flexibility index (Phi) is 6.90. The standard InChI is InChI=1S/C21H27F3N4O3/c1-27-11-8-25-19(27)20(30,21(22,23)24)13-18(29)26-16-6-9-28(10-7-16)14-15-4-3-5-17(12-15)31-2/h3-5,8,11-12,16,30H,6-7,9-10,13-14H2,1-2H3,(H,26,29). The van der Waals surface area contributed by atoms with Crippen molar-refractivity contribution in [2.24, 2.45) is 7.05 Å². The summed E-state index contributed by atoms with van der Waals surface area (Å²) in [6.07, 6.45) is -2.50. The third-order valence-electron chi connectivity index (χ3n) is 5.57. The Morgan fingerprint density at radius 2 is 2.03 bits per heavy atom. The van der Waals surface area contributed by atoms with E-state index < -0.39 is 29.9 Å². The lowest BCUT2D eigenvalue weighted by Gasteiger charge is -2.34. The van der Waals surface area contributed by atoms with Gasteiger partial charge in [-0.05, 0) is 30.5 Å². The molecular formula is C21H27F3N4O3. The van der Waals surface area contributed by atoms with Crippen LogP contribution in [0.15, 0.2) is 36.7 Å². The van der Waals surface area contributed by atoms with Gasteiger partial charge in [-0.2, -0.15) is 13.2 Å². The average molecular weight is 440 g/mol. The molecule has 1 atom stereocenters. The van der Waals surface area contributed by atoms with E-state index in [1.54, 1.807) is 7.11 Å². The SMILES string of the molecule is COc1cccc(CN2CCC(NC(=O)CC(O)(c3nccn3C)C(F)(F)F)CC2)c1. The number of imidazole rings is 1. The Hall–Kier alpha value is -2.59. The van der Waals surface area contributed by atoms with Crippen LogP contribution < -0.4 is 10.1 Å². The molecule has 1 fully saturated rings. The van der Waals surface area contributed by atoms with E-state index >= 15 is 0 Å². The minimum atomic E-state index is -5.04. The highest BCUT2D eigenvalue weighted by molar-refractivity contribution is 5.77. The zero-order valence-corrected chi connectivity index (χ0v) is 17.5. The molecule has 0 radical (unpaired) electrons. The van der Waals surface area contributed by atoms with E-state index in [4.69, 9.17) is 4.74 Å². The first-order valence-corrected chi connectivity index (χ1v) is 10.0. The molecule has 1 aliphatic heterocycles. The topological polar surface area (TPSA) is 79.6 Å². The van der Waals surface area contributed by atoms with Crippen molar-refractivity contribution in [3.8, 4) is 5.75 Å². The normalized spacial score (nSPS) is 17.9. The van der Waals surface area contributed by atoms with Gasteiger partial charge >= 0.3 is 6.18 Å². The highest BCUT2D eigenvalue weighted by Crippen LogP contribution is 2.40. The Bertz CT molecular complexity index is 894. The number of hydrogen-bond acceptors (Lipinski definition) is 5. The number of rotatable bonds is 7. The molecule has 0 bridgehead atoms. The van der Waals surface area contributed by atoms with Crippen LogP contribution in [0.25, 0.3) is 0 Å². The van der Waals surface area contributed by atoms with Gasteiger partial charge in [-0.25, -0.2) is 4.98 Å². The maximum absolute atomic E-state index is 13.6. The molecule has 1 unspecified atom stereocenters. The highest BCUT2D eigenvalue weighted by atomic mass is 19.4. The van der Waals surface area contributed by atoms with Crippen LogP contribution in [0.4, 0.5) is 13.2 Å². The number of nitrogens with one attached hydrogen (secondary N) is 1. The Labute approximate surface area is 178 Å². The van der Waals surface area contributed by atoms with Crippen LogP contribution in [0.3, 0.4) is 0 Å². The Morgan fingerprint density at radius 1 is 1.32 bits per heavy atom. The number of aromatic nitrogens is 2. The second-order valence-electron chi connectivity index (χ2n) is 7.87. The summed E-state index contributed by atoms with van der Waals surface area (Å²) in [6.45, 7) is 2.13. The molecule has 0 aliphatic carbocycles. The van der Waals surface area contributed by atoms with Crippen molar-refractivity contribution < 1.29 is 27.8 Å². The van der Waals surface area contributed by atoms with E-state index in [0.29, 0.717) is 25.9 Å². The Balaban J connectivity index is 1.55. The smallest absolute Gasteiger partial charge is 0.425 e. The summed E-state index contributed by atoms with van der Waals surface area (Å²) in [4.78, 5) is 18.2. The number of ether oxygens (including phenoxy) is 1. The van der Waals surface area contributed by atoms with Crippen LogP contribution in [-0.4, -0.2) is 57.9 Å². The summed E-state index contributed by atoms with van der Waals surface area (Å²) in [5, 5.41) is 13.0. The third-order valence-corrected chi connectivity index (χ3v) is 5.57. The van der Waals surface area contributed by atoms with Gasteiger partial charge in [0.1, 0.15) is 5.75 Å². The summed E-state index contributed by atoms with van der Waals surface area (Å²) in [5.41, 5.74) is -2.24. The van der Waals surface area contributed by atoms with E-state index in [1.807, 2.05) is 24.3 Å². The molecule has 2 heterocycles. The fourth-order valence-electron chi connectivity index (χ4n) is 3.85. The van der Waals surface area contributed by atoms with Gasteiger partial charge in [0.2, 0.25) is 11.5 Å². The molecule has 1 amide bonds. The van der Waals surface area contributed by atoms with Crippen LogP contribution in [-0.2, 0) is 24.0 Å². The summed E-state index contributed by atoms with van der Waals surface area (Å²) < 4.78 is 47.1. The van der Waals surface area contributed by atoms with Gasteiger partial charge < -0.3 is 19.7 Å². The molecule has 3 rings (SSSR count). The second kappa shape index (κ2) is 9.27. The molecule has 1 aliphatic rings. The van der Waals surface area contributed by atoms with Gasteiger partial charge in [0.05, 0.1) is 13.5 Å². The van der Waals surface area contributed by atoms with E-state index in [1.165, 1.54) is 13.2 Å². The number of methoxy groups -OCH3 is 1. The number of aliphatic hydroxyl groups is 1. The maximum Gasteiger partial charge on any atom is 0.425 e. The molecular weight excluding hydrogens is 413 g/mol. The summed E-state index contributed by atoms with van der Waals surface area (Å²) >= 11 is 0. The number of carbonyl (C=O) groups is 1. The number of piperidine rings is 1. The quantitative estimate of drug-likeness (QED) is 0.691. The third kappa shape index (κ3) is 5.37. The van der Waals surface area contributed by atoms with Crippen LogP contribution in [0.2, 0.25) is 0 Å². The number of likely N-dealkylation sites (tertiary alicyclic amines) is 1. The van der Waals surface area contributed by atoms with Crippen molar-refractivity contribution in [2.45, 2.75) is 43.6 Å². The van der Waals surface area contributed by atoms with Crippen molar-refractivity contribution in [3.05, 3.63) is 48.0 Å². The molecule has 1 saturated heterocycles. The summed E-state index contributed by atoms with van der Waals surface area (Å²) in [7, 11) is 2.95. The van der Waals surface area contributed by atoms with Crippen LogP contribution in [0.5, 0.6) is 5.75 Å². The first-order valence-electron chi connectivity index (χ1n) is 10.0. The van der Waals surface area contributed by atoms with Gasteiger partial charge in [-0.3, -0.25) is 9.69 Å². The predicted molar refractivity (Wildman–Crippen MR) is 107 cm³/mol. The van der Waals surface area contributed by atoms with Crippen LogP contribution in [0.1, 0.15) is 30.7 Å². The van der Waals surface area contributed by atoms with E-state index in [0.717, 1.165) is 28.6 Å². The molecule has 170 valence electrons. The van der Waals surface area contributed by atoms with Gasteiger partial charge in [0.15, 0.2) is 5.82 Å². The zero-order chi connectivity index (χ0) is 22.6. The van der Waals surface area contributed by atoms with E-state index in [2.05, 4.69) is 15.2 Å². The largest absolute Gasteiger partial charge is 0.497 e. The number of carbonyl (C=O) groups excluding carboxylic acids is 1. The van der Waals surface area contributed by atoms with Crippen molar-refractivity contribution in [1.29, 1.82) is 0 Å². The first kappa shape index (κ1) is 23.1. The average Bonchev–Trinajstić information content (AvgIpc) is 3.15. The summed E-state index contributed by atoms with van der Waals surface area (Å²) in [6, 6.07) is 7.52. The molecule has 31 heavy (non-hydrogen) atoms. The molecule has 7 nitrogen and oxygen atoms in total. The maximum atomic E-state index is 13.6. The van der Waals surface area contributed by atoms with Crippen LogP contribution in [0, 0.1) is 0 Å². The number of amides is 1. The van der Waals surface area contributed by atoms with E-state index in [9.17, 15) is 23.1 Å². The fraction of sp³-hybridized carbons (Fsp3) is 0.524. The van der Waals surface area contributed by atoms with E-state index in [-0.39, 0.29) is 6.04 Å². The van der Waals surface area contributed by atoms with Crippen molar-refractivity contribution >= 4 is 5.91 Å². The van der Waals surface area contributed by atoms with Crippen molar-refractivity contribution in [2.75, 3.05) is 20.2 Å². The van der Waals surface area contributed by atoms with Crippen molar-refractivity contribution in [3.63, 3.8) is 0 Å². The monoisotopic (exact) mass is 440 g/mol. The molecule has 1 aromatic carbocycles. The molecule has 0 spiro atoms. The lowest BCUT2D eigenvalue weighted by Crippen LogP contribution is -2.50. The number of aryl methyl sites for hydroxylation is 1. The highest BCUT2D eigenvalue weighted by Gasteiger charge is 2.58. The molecule has 2 N–H and O–H groups in total. The number of halogens is 3. The van der Waals surface area contributed by atoms with Gasteiger partial charge in [0, 0.05) is 45.1 Å². The fourth-order valence-corrected chi connectivity index (χ4v) is 3.85. The zero-order valence-electron chi connectivity index (χ0n) is 17.5. The number of nitrogens with zero attached hydrogens (tertiary/aromatic N) is 3.